The number of carbonyl (C=O) groups is 2. The van der Waals surface area contributed by atoms with Gasteiger partial charge in [0, 0.05) is 62.3 Å². The van der Waals surface area contributed by atoms with Crippen LogP contribution in [0.1, 0.15) is 85.0 Å². The number of benzene rings is 1. The maximum atomic E-state index is 14.3. The zero-order valence-corrected chi connectivity index (χ0v) is 29.0. The summed E-state index contributed by atoms with van der Waals surface area (Å²) in [6.45, 7) is 21.1. The van der Waals surface area contributed by atoms with Gasteiger partial charge in [-0.1, -0.05) is 13.8 Å². The summed E-state index contributed by atoms with van der Waals surface area (Å²) in [5, 5.41) is 8.20. The van der Waals surface area contributed by atoms with Gasteiger partial charge in [-0.25, -0.2) is 14.2 Å². The highest BCUT2D eigenvalue weighted by Gasteiger charge is 2.50. The standard InChI is InChI=1S/C34H52FN7O4/c1-10-41(24(4)5)31(43)26-18-25(35)13-14-28(26)46-30-29(36-22-37-38-30)39-17-15-34(19-39)20-40(21-34)27(23(2)3)12-11-16-42(32(44)45-9)33(6,7)8/h13-14,18,22-24,27H,10-12,15-17,19-21H2,1-9H3/t27-/m1/s1. The van der Waals surface area contributed by atoms with Crippen LogP contribution < -0.4 is 9.64 Å². The van der Waals surface area contributed by atoms with Gasteiger partial charge >= 0.3 is 6.09 Å². The number of carbonyl (C=O) groups excluding carboxylic acids is 2. The minimum absolute atomic E-state index is 0.0569. The average Bonchev–Trinajstić information content (AvgIpc) is 3.42. The molecule has 1 atom stereocenters. The Balaban J connectivity index is 1.43. The van der Waals surface area contributed by atoms with Crippen LogP contribution in [0.2, 0.25) is 0 Å². The number of anilines is 1. The van der Waals surface area contributed by atoms with Crippen molar-refractivity contribution < 1.29 is 23.5 Å². The SMILES string of the molecule is CCN(C(=O)c1cc(F)ccc1Oc1nncnc1N1CCC2(C1)CN([C@H](CCCN(C(=O)OC)C(C)(C)C)C(C)C)C2)C(C)C. The molecule has 11 nitrogen and oxygen atoms in total. The molecule has 2 saturated heterocycles. The molecule has 0 radical (unpaired) electrons. The van der Waals surface area contributed by atoms with Crippen molar-refractivity contribution in [2.45, 2.75) is 92.3 Å². The largest absolute Gasteiger partial charge is 0.453 e. The Hall–Kier alpha value is -3.54. The summed E-state index contributed by atoms with van der Waals surface area (Å²) in [5.74, 6) is 0.631. The molecule has 0 bridgehead atoms. The zero-order chi connectivity index (χ0) is 33.8. The van der Waals surface area contributed by atoms with Crippen LogP contribution >= 0.6 is 0 Å². The van der Waals surface area contributed by atoms with Gasteiger partial charge in [0.2, 0.25) is 0 Å². The predicted molar refractivity (Wildman–Crippen MR) is 176 cm³/mol. The number of ether oxygens (including phenoxy) is 2. The van der Waals surface area contributed by atoms with E-state index in [1.807, 2.05) is 41.5 Å². The van der Waals surface area contributed by atoms with Gasteiger partial charge in [-0.15, -0.1) is 10.2 Å². The van der Waals surface area contributed by atoms with Crippen LogP contribution in [0.5, 0.6) is 11.6 Å². The van der Waals surface area contributed by atoms with E-state index in [0.29, 0.717) is 30.9 Å². The summed E-state index contributed by atoms with van der Waals surface area (Å²) in [5.41, 5.74) is -0.0315. The van der Waals surface area contributed by atoms with E-state index in [1.54, 1.807) is 9.80 Å². The summed E-state index contributed by atoms with van der Waals surface area (Å²) in [6, 6.07) is 4.31. The van der Waals surface area contributed by atoms with Gasteiger partial charge in [0.25, 0.3) is 11.8 Å². The molecule has 2 aromatic rings. The van der Waals surface area contributed by atoms with Crippen LogP contribution in [0.15, 0.2) is 24.5 Å². The topological polar surface area (TPSA) is 104 Å². The first kappa shape index (κ1) is 35.3. The summed E-state index contributed by atoms with van der Waals surface area (Å²) in [7, 11) is 1.43. The van der Waals surface area contributed by atoms with Crippen molar-refractivity contribution in [3.05, 3.63) is 35.9 Å². The third-order valence-corrected chi connectivity index (χ3v) is 9.31. The summed E-state index contributed by atoms with van der Waals surface area (Å²) in [6.07, 6.45) is 4.03. The Kier molecular flexibility index (Phi) is 11.1. The van der Waals surface area contributed by atoms with Crippen LogP contribution in [0, 0.1) is 17.2 Å². The molecular weight excluding hydrogens is 589 g/mol. The van der Waals surface area contributed by atoms with Gasteiger partial charge in [-0.05, 0) is 84.9 Å². The van der Waals surface area contributed by atoms with Gasteiger partial charge in [0.1, 0.15) is 17.9 Å². The molecule has 1 aromatic carbocycles. The van der Waals surface area contributed by atoms with Crippen molar-refractivity contribution in [1.29, 1.82) is 0 Å². The van der Waals surface area contributed by atoms with Gasteiger partial charge in [-0.3, -0.25) is 9.69 Å². The Labute approximate surface area is 273 Å². The molecule has 0 unspecified atom stereocenters. The van der Waals surface area contributed by atoms with Crippen molar-refractivity contribution >= 4 is 17.8 Å². The fourth-order valence-electron chi connectivity index (χ4n) is 6.93. The molecule has 254 valence electrons. The van der Waals surface area contributed by atoms with E-state index < -0.39 is 5.82 Å². The second-order valence-electron chi connectivity index (χ2n) is 14.3. The van der Waals surface area contributed by atoms with Crippen molar-refractivity contribution in [2.24, 2.45) is 11.3 Å². The maximum Gasteiger partial charge on any atom is 0.409 e. The highest BCUT2D eigenvalue weighted by atomic mass is 19.1. The number of methoxy groups -OCH3 is 1. The van der Waals surface area contributed by atoms with Crippen LogP contribution in [-0.2, 0) is 4.74 Å². The lowest BCUT2D eigenvalue weighted by atomic mass is 9.76. The summed E-state index contributed by atoms with van der Waals surface area (Å²) in [4.78, 5) is 38.5. The highest BCUT2D eigenvalue weighted by Crippen LogP contribution is 2.44. The minimum atomic E-state index is -0.515. The molecule has 12 heteroatoms. The first-order valence-corrected chi connectivity index (χ1v) is 16.5. The number of halogens is 1. The number of amides is 2. The molecule has 3 heterocycles. The lowest BCUT2D eigenvalue weighted by Gasteiger charge is -2.53. The maximum absolute atomic E-state index is 14.3. The van der Waals surface area contributed by atoms with E-state index in [0.717, 1.165) is 45.4 Å². The molecule has 2 fully saturated rings. The van der Waals surface area contributed by atoms with Crippen molar-refractivity contribution in [3.8, 4) is 11.6 Å². The first-order valence-electron chi connectivity index (χ1n) is 16.5. The number of hydrogen-bond donors (Lipinski definition) is 0. The van der Waals surface area contributed by atoms with E-state index in [1.165, 1.54) is 31.6 Å². The van der Waals surface area contributed by atoms with Crippen LogP contribution in [0.4, 0.5) is 15.0 Å². The van der Waals surface area contributed by atoms with Crippen molar-refractivity contribution in [3.63, 3.8) is 0 Å². The zero-order valence-electron chi connectivity index (χ0n) is 29.0. The van der Waals surface area contributed by atoms with Gasteiger partial charge < -0.3 is 24.2 Å². The second-order valence-corrected chi connectivity index (χ2v) is 14.3. The normalized spacial score (nSPS) is 16.9. The molecule has 1 aromatic heterocycles. The van der Waals surface area contributed by atoms with Crippen LogP contribution in [-0.4, -0.2) is 106 Å². The molecule has 2 amide bonds. The van der Waals surface area contributed by atoms with Crippen molar-refractivity contribution in [1.82, 2.24) is 29.9 Å². The molecule has 2 aliphatic heterocycles. The van der Waals surface area contributed by atoms with Crippen LogP contribution in [0.25, 0.3) is 0 Å². The molecule has 46 heavy (non-hydrogen) atoms. The lowest BCUT2D eigenvalue weighted by Crippen LogP contribution is -2.62. The third kappa shape index (κ3) is 7.87. The Morgan fingerprint density at radius 2 is 1.85 bits per heavy atom. The van der Waals surface area contributed by atoms with Gasteiger partial charge in [-0.2, -0.15) is 0 Å². The molecular formula is C34H52FN7O4. The molecule has 0 N–H and O–H groups in total. The fourth-order valence-corrected chi connectivity index (χ4v) is 6.93. The lowest BCUT2D eigenvalue weighted by molar-refractivity contribution is -0.0349. The molecule has 0 saturated carbocycles. The molecule has 0 aliphatic carbocycles. The minimum Gasteiger partial charge on any atom is -0.453 e. The van der Waals surface area contributed by atoms with Crippen molar-refractivity contribution in [2.75, 3.05) is 51.3 Å². The summed E-state index contributed by atoms with van der Waals surface area (Å²) < 4.78 is 25.5. The Morgan fingerprint density at radius 1 is 1.13 bits per heavy atom. The first-order chi connectivity index (χ1) is 21.7. The molecule has 4 rings (SSSR count). The Bertz CT molecular complexity index is 1360. The van der Waals surface area contributed by atoms with Gasteiger partial charge in [0.15, 0.2) is 5.82 Å². The third-order valence-electron chi connectivity index (χ3n) is 9.31. The number of aromatic nitrogens is 3. The van der Waals surface area contributed by atoms with E-state index in [-0.39, 0.29) is 46.2 Å². The number of likely N-dealkylation sites (tertiary alicyclic amines) is 1. The number of rotatable bonds is 12. The average molecular weight is 642 g/mol. The van der Waals surface area contributed by atoms with E-state index >= 15 is 0 Å². The molecule has 2 aliphatic rings. The highest BCUT2D eigenvalue weighted by molar-refractivity contribution is 5.97. The summed E-state index contributed by atoms with van der Waals surface area (Å²) >= 11 is 0. The Morgan fingerprint density at radius 3 is 2.46 bits per heavy atom. The smallest absolute Gasteiger partial charge is 0.409 e. The fraction of sp³-hybridized carbons (Fsp3) is 0.676. The number of hydrogen-bond acceptors (Lipinski definition) is 9. The second kappa shape index (κ2) is 14.5. The quantitative estimate of drug-likeness (QED) is 0.282. The van der Waals surface area contributed by atoms with E-state index in [4.69, 9.17) is 9.47 Å². The molecule has 1 spiro atoms. The van der Waals surface area contributed by atoms with E-state index in [9.17, 15) is 14.0 Å². The predicted octanol–water partition coefficient (Wildman–Crippen LogP) is 5.86. The van der Waals surface area contributed by atoms with Gasteiger partial charge in [0.05, 0.1) is 12.7 Å². The number of nitrogens with zero attached hydrogens (tertiary/aromatic N) is 7. The monoisotopic (exact) mass is 641 g/mol. The van der Waals surface area contributed by atoms with Crippen LogP contribution in [0.3, 0.4) is 0 Å². The van der Waals surface area contributed by atoms with E-state index in [2.05, 4.69) is 38.8 Å².